The predicted octanol–water partition coefficient (Wildman–Crippen LogP) is 3.43. The zero-order valence-corrected chi connectivity index (χ0v) is 14.8. The van der Waals surface area contributed by atoms with Crippen molar-refractivity contribution in [1.29, 1.82) is 0 Å². The van der Waals surface area contributed by atoms with Crippen LogP contribution in [-0.2, 0) is 17.6 Å². The summed E-state index contributed by atoms with van der Waals surface area (Å²) in [5.74, 6) is 0.475. The standard InChI is InChI=1S/C22H27NO2/c1-16-7-5-6-10-18(16)11-12-22(25)23-21(19-14-20(24)15-19)13-17-8-3-2-4-9-17/h2-10,19-21,24H,11-15H2,1H3,(H,23,25). The Kier molecular flexibility index (Phi) is 5.87. The van der Waals surface area contributed by atoms with Gasteiger partial charge >= 0.3 is 0 Å². The molecule has 1 unspecified atom stereocenters. The summed E-state index contributed by atoms with van der Waals surface area (Å²) in [4.78, 5) is 12.5. The van der Waals surface area contributed by atoms with Crippen molar-refractivity contribution in [2.45, 2.75) is 51.2 Å². The highest BCUT2D eigenvalue weighted by atomic mass is 16.3. The molecule has 1 aliphatic carbocycles. The third kappa shape index (κ3) is 4.93. The van der Waals surface area contributed by atoms with Crippen molar-refractivity contribution in [3.8, 4) is 0 Å². The van der Waals surface area contributed by atoms with Crippen molar-refractivity contribution in [3.05, 3.63) is 71.3 Å². The third-order valence-corrected chi connectivity index (χ3v) is 5.25. The highest BCUT2D eigenvalue weighted by Crippen LogP contribution is 2.31. The summed E-state index contributed by atoms with van der Waals surface area (Å²) in [6, 6.07) is 18.6. The lowest BCUT2D eigenvalue weighted by Gasteiger charge is -2.38. The molecule has 0 aliphatic heterocycles. The predicted molar refractivity (Wildman–Crippen MR) is 100 cm³/mol. The molecule has 1 saturated carbocycles. The molecule has 0 spiro atoms. The first-order chi connectivity index (χ1) is 12.1. The Hall–Kier alpha value is -2.13. The van der Waals surface area contributed by atoms with Crippen LogP contribution in [0.2, 0.25) is 0 Å². The lowest BCUT2D eigenvalue weighted by molar-refractivity contribution is -0.122. The van der Waals surface area contributed by atoms with E-state index in [2.05, 4.69) is 36.5 Å². The number of aliphatic hydroxyl groups excluding tert-OH is 1. The van der Waals surface area contributed by atoms with Crippen LogP contribution in [-0.4, -0.2) is 23.2 Å². The van der Waals surface area contributed by atoms with Gasteiger partial charge in [0.05, 0.1) is 6.10 Å². The smallest absolute Gasteiger partial charge is 0.220 e. The summed E-state index contributed by atoms with van der Waals surface area (Å²) in [5, 5.41) is 12.9. The summed E-state index contributed by atoms with van der Waals surface area (Å²) in [6.07, 6.45) is 3.47. The van der Waals surface area contributed by atoms with E-state index in [4.69, 9.17) is 0 Å². The van der Waals surface area contributed by atoms with Gasteiger partial charge in [-0.15, -0.1) is 0 Å². The number of aliphatic hydroxyl groups is 1. The number of carbonyl (C=O) groups excluding carboxylic acids is 1. The lowest BCUT2D eigenvalue weighted by Crippen LogP contribution is -2.48. The summed E-state index contributed by atoms with van der Waals surface area (Å²) in [7, 11) is 0. The average Bonchev–Trinajstić information content (AvgIpc) is 2.59. The maximum Gasteiger partial charge on any atom is 0.220 e. The molecule has 0 aromatic heterocycles. The van der Waals surface area contributed by atoms with Crippen LogP contribution in [0.1, 0.15) is 36.0 Å². The van der Waals surface area contributed by atoms with Crippen LogP contribution in [0.25, 0.3) is 0 Å². The van der Waals surface area contributed by atoms with Crippen molar-refractivity contribution >= 4 is 5.91 Å². The van der Waals surface area contributed by atoms with Gasteiger partial charge in [0.15, 0.2) is 0 Å². The summed E-state index contributed by atoms with van der Waals surface area (Å²) in [5.41, 5.74) is 3.70. The number of aryl methyl sites for hydroxylation is 2. The molecule has 1 atom stereocenters. The van der Waals surface area contributed by atoms with Crippen molar-refractivity contribution in [2.75, 3.05) is 0 Å². The monoisotopic (exact) mass is 337 g/mol. The highest BCUT2D eigenvalue weighted by molar-refractivity contribution is 5.76. The molecule has 25 heavy (non-hydrogen) atoms. The van der Waals surface area contributed by atoms with Crippen LogP contribution in [0.4, 0.5) is 0 Å². The fourth-order valence-electron chi connectivity index (χ4n) is 3.58. The van der Waals surface area contributed by atoms with E-state index in [1.165, 1.54) is 16.7 Å². The van der Waals surface area contributed by atoms with Crippen LogP contribution in [0, 0.1) is 12.8 Å². The van der Waals surface area contributed by atoms with E-state index >= 15 is 0 Å². The molecule has 0 radical (unpaired) electrons. The van der Waals surface area contributed by atoms with Gasteiger partial charge in [0.25, 0.3) is 0 Å². The Morgan fingerprint density at radius 1 is 1.12 bits per heavy atom. The Bertz CT molecular complexity index is 692. The number of carbonyl (C=O) groups is 1. The van der Waals surface area contributed by atoms with Gasteiger partial charge in [0.2, 0.25) is 5.91 Å². The second-order valence-corrected chi connectivity index (χ2v) is 7.18. The zero-order valence-electron chi connectivity index (χ0n) is 14.8. The van der Waals surface area contributed by atoms with Crippen LogP contribution < -0.4 is 5.32 Å². The van der Waals surface area contributed by atoms with Gasteiger partial charge < -0.3 is 10.4 Å². The maximum absolute atomic E-state index is 12.5. The van der Waals surface area contributed by atoms with Crippen LogP contribution in [0.5, 0.6) is 0 Å². The van der Waals surface area contributed by atoms with E-state index in [1.54, 1.807) is 0 Å². The summed E-state index contributed by atoms with van der Waals surface area (Å²) < 4.78 is 0. The van der Waals surface area contributed by atoms with Crippen molar-refractivity contribution in [1.82, 2.24) is 5.32 Å². The number of amides is 1. The molecule has 2 N–H and O–H groups in total. The minimum Gasteiger partial charge on any atom is -0.393 e. The van der Waals surface area contributed by atoms with E-state index in [1.807, 2.05) is 30.3 Å². The van der Waals surface area contributed by atoms with Crippen molar-refractivity contribution in [3.63, 3.8) is 0 Å². The number of benzene rings is 2. The van der Waals surface area contributed by atoms with Crippen LogP contribution in [0.3, 0.4) is 0 Å². The van der Waals surface area contributed by atoms with Gasteiger partial charge in [-0.3, -0.25) is 4.79 Å². The SMILES string of the molecule is Cc1ccccc1CCC(=O)NC(Cc1ccccc1)C1CC(O)C1. The molecule has 0 heterocycles. The van der Waals surface area contributed by atoms with Crippen LogP contribution >= 0.6 is 0 Å². The van der Waals surface area contributed by atoms with Gasteiger partial charge in [-0.2, -0.15) is 0 Å². The minimum absolute atomic E-state index is 0.102. The molecule has 2 aromatic rings. The molecule has 1 fully saturated rings. The first-order valence-corrected chi connectivity index (χ1v) is 9.17. The molecule has 3 rings (SSSR count). The minimum atomic E-state index is -0.202. The van der Waals surface area contributed by atoms with Gasteiger partial charge in [0, 0.05) is 12.5 Å². The second kappa shape index (κ2) is 8.30. The Morgan fingerprint density at radius 2 is 1.80 bits per heavy atom. The first-order valence-electron chi connectivity index (χ1n) is 9.17. The van der Waals surface area contributed by atoms with Gasteiger partial charge in [-0.05, 0) is 55.2 Å². The molecule has 3 nitrogen and oxygen atoms in total. The largest absolute Gasteiger partial charge is 0.393 e. The molecule has 1 aliphatic rings. The van der Waals surface area contributed by atoms with Gasteiger partial charge in [-0.1, -0.05) is 54.6 Å². The fourth-order valence-corrected chi connectivity index (χ4v) is 3.58. The summed E-state index contributed by atoms with van der Waals surface area (Å²) >= 11 is 0. The number of hydrogen-bond donors (Lipinski definition) is 2. The van der Waals surface area contributed by atoms with Gasteiger partial charge in [0.1, 0.15) is 0 Å². The van der Waals surface area contributed by atoms with E-state index in [9.17, 15) is 9.90 Å². The Labute approximate surface area is 150 Å². The Balaban J connectivity index is 1.57. The normalized spacial score (nSPS) is 20.6. The topological polar surface area (TPSA) is 49.3 Å². The van der Waals surface area contributed by atoms with Crippen molar-refractivity contribution < 1.29 is 9.90 Å². The fraction of sp³-hybridized carbons (Fsp3) is 0.409. The third-order valence-electron chi connectivity index (χ3n) is 5.25. The van der Waals surface area contributed by atoms with E-state index < -0.39 is 0 Å². The molecule has 132 valence electrons. The molecule has 0 bridgehead atoms. The number of hydrogen-bond acceptors (Lipinski definition) is 2. The molecule has 0 saturated heterocycles. The number of rotatable bonds is 7. The van der Waals surface area contributed by atoms with Crippen LogP contribution in [0.15, 0.2) is 54.6 Å². The number of nitrogens with one attached hydrogen (secondary N) is 1. The molecular weight excluding hydrogens is 310 g/mol. The molecular formula is C22H27NO2. The van der Waals surface area contributed by atoms with E-state index in [0.29, 0.717) is 12.3 Å². The van der Waals surface area contributed by atoms with Crippen molar-refractivity contribution in [2.24, 2.45) is 5.92 Å². The second-order valence-electron chi connectivity index (χ2n) is 7.18. The first kappa shape index (κ1) is 17.7. The Morgan fingerprint density at radius 3 is 2.48 bits per heavy atom. The maximum atomic E-state index is 12.5. The van der Waals surface area contributed by atoms with Gasteiger partial charge in [-0.25, -0.2) is 0 Å². The average molecular weight is 337 g/mol. The summed E-state index contributed by atoms with van der Waals surface area (Å²) in [6.45, 7) is 2.08. The zero-order chi connectivity index (χ0) is 17.6. The van der Waals surface area contributed by atoms with E-state index in [0.717, 1.165) is 25.7 Å². The highest BCUT2D eigenvalue weighted by Gasteiger charge is 2.34. The molecule has 3 heteroatoms. The molecule has 2 aromatic carbocycles. The molecule has 1 amide bonds. The quantitative estimate of drug-likeness (QED) is 0.813. The van der Waals surface area contributed by atoms with E-state index in [-0.39, 0.29) is 18.1 Å². The lowest BCUT2D eigenvalue weighted by atomic mass is 9.75.